The second kappa shape index (κ2) is 8.55. The summed E-state index contributed by atoms with van der Waals surface area (Å²) in [5, 5.41) is 12.5. The number of hydrogen-bond donors (Lipinski definition) is 1. The molecular weight excluding hydrogens is 326 g/mol. The lowest BCUT2D eigenvalue weighted by Crippen LogP contribution is -1.99. The van der Waals surface area contributed by atoms with Gasteiger partial charge in [0.05, 0.1) is 6.61 Å². The summed E-state index contributed by atoms with van der Waals surface area (Å²) in [4.78, 5) is 0. The van der Waals surface area contributed by atoms with Gasteiger partial charge in [0.25, 0.3) is 0 Å². The van der Waals surface area contributed by atoms with Gasteiger partial charge in [-0.1, -0.05) is 71.6 Å². The van der Waals surface area contributed by atoms with Crippen molar-refractivity contribution in [1.82, 2.24) is 10.2 Å². The van der Waals surface area contributed by atoms with Crippen molar-refractivity contribution in [3.63, 3.8) is 0 Å². The molecule has 0 spiro atoms. The van der Waals surface area contributed by atoms with Crippen molar-refractivity contribution in [2.45, 2.75) is 10.9 Å². The van der Waals surface area contributed by atoms with Crippen molar-refractivity contribution < 1.29 is 4.74 Å². The molecule has 1 N–H and O–H groups in total. The third kappa shape index (κ3) is 5.26. The van der Waals surface area contributed by atoms with Crippen molar-refractivity contribution in [3.05, 3.63) is 66.2 Å². The summed E-state index contributed by atoms with van der Waals surface area (Å²) in [6.07, 6.45) is 0. The number of anilines is 1. The van der Waals surface area contributed by atoms with Crippen LogP contribution in [0.2, 0.25) is 0 Å². The molecule has 0 saturated heterocycles. The summed E-state index contributed by atoms with van der Waals surface area (Å²) in [6, 6.07) is 20.1. The summed E-state index contributed by atoms with van der Waals surface area (Å²) < 4.78 is 6.62. The van der Waals surface area contributed by atoms with Crippen LogP contribution in [0.25, 0.3) is 0 Å². The minimum absolute atomic E-state index is 0.654. The normalized spacial score (nSPS) is 10.4. The molecule has 0 aliphatic heterocycles. The third-order valence-corrected chi connectivity index (χ3v) is 4.99. The van der Waals surface area contributed by atoms with E-state index in [9.17, 15) is 0 Å². The maximum Gasteiger partial charge on any atom is 0.206 e. The van der Waals surface area contributed by atoms with Crippen LogP contribution in [-0.4, -0.2) is 22.6 Å². The highest BCUT2D eigenvalue weighted by Crippen LogP contribution is 2.25. The van der Waals surface area contributed by atoms with Crippen LogP contribution in [0.3, 0.4) is 0 Å². The van der Waals surface area contributed by atoms with Crippen LogP contribution in [0.15, 0.2) is 65.0 Å². The zero-order chi connectivity index (χ0) is 15.7. The first-order chi connectivity index (χ1) is 11.4. The molecule has 3 rings (SSSR count). The Morgan fingerprint density at radius 3 is 2.48 bits per heavy atom. The van der Waals surface area contributed by atoms with Gasteiger partial charge in [-0.25, -0.2) is 0 Å². The number of hydrogen-bond acceptors (Lipinski definition) is 6. The monoisotopic (exact) mass is 343 g/mol. The molecule has 0 fully saturated rings. The largest absolute Gasteiger partial charge is 0.493 e. The van der Waals surface area contributed by atoms with Gasteiger partial charge in [0.15, 0.2) is 4.34 Å². The number of para-hydroxylation sites is 1. The van der Waals surface area contributed by atoms with Gasteiger partial charge in [-0.15, -0.1) is 10.2 Å². The predicted octanol–water partition coefficient (Wildman–Crippen LogP) is 4.32. The molecule has 1 aromatic heterocycles. The van der Waals surface area contributed by atoms with Crippen molar-refractivity contribution in [1.29, 1.82) is 0 Å². The van der Waals surface area contributed by atoms with E-state index in [4.69, 9.17) is 4.74 Å². The smallest absolute Gasteiger partial charge is 0.206 e. The average molecular weight is 343 g/mol. The number of nitrogens with zero attached hydrogens (tertiary/aromatic N) is 2. The van der Waals surface area contributed by atoms with Gasteiger partial charge < -0.3 is 10.1 Å². The zero-order valence-corrected chi connectivity index (χ0v) is 14.1. The topological polar surface area (TPSA) is 47.0 Å². The Balaban J connectivity index is 1.39. The van der Waals surface area contributed by atoms with Crippen molar-refractivity contribution >= 4 is 28.2 Å². The fourth-order valence-corrected chi connectivity index (χ4v) is 3.55. The molecule has 0 bridgehead atoms. The van der Waals surface area contributed by atoms with Crippen LogP contribution in [0, 0.1) is 0 Å². The summed E-state index contributed by atoms with van der Waals surface area (Å²) in [7, 11) is 0. The van der Waals surface area contributed by atoms with Gasteiger partial charge in [-0.3, -0.25) is 0 Å². The van der Waals surface area contributed by atoms with Gasteiger partial charge in [-0.2, -0.15) is 0 Å². The Bertz CT molecular complexity index is 704. The molecule has 6 heteroatoms. The van der Waals surface area contributed by atoms with E-state index in [1.165, 1.54) is 5.56 Å². The van der Waals surface area contributed by atoms with E-state index in [-0.39, 0.29) is 0 Å². The van der Waals surface area contributed by atoms with Gasteiger partial charge in [0.1, 0.15) is 5.75 Å². The van der Waals surface area contributed by atoms with Crippen molar-refractivity contribution in [3.8, 4) is 5.75 Å². The summed E-state index contributed by atoms with van der Waals surface area (Å²) in [5.74, 6) is 1.75. The standard InChI is InChI=1S/C17H17N3OS2/c1-3-7-14(8-4-1)13-18-16-19-20-17(23-16)22-12-11-21-15-9-5-2-6-10-15/h1-10H,11-13H2,(H,18,19). The molecule has 0 unspecified atom stereocenters. The third-order valence-electron chi connectivity index (χ3n) is 3.01. The first-order valence-corrected chi connectivity index (χ1v) is 9.12. The number of benzene rings is 2. The maximum atomic E-state index is 5.66. The summed E-state index contributed by atoms with van der Waals surface area (Å²) in [6.45, 7) is 1.41. The first kappa shape index (κ1) is 15.8. The fraction of sp³-hybridized carbons (Fsp3) is 0.176. The molecule has 118 valence electrons. The Morgan fingerprint density at radius 1 is 0.957 bits per heavy atom. The number of rotatable bonds is 8. The van der Waals surface area contributed by atoms with Crippen LogP contribution in [0.4, 0.5) is 5.13 Å². The highest BCUT2D eigenvalue weighted by atomic mass is 32.2. The Hall–Kier alpha value is -2.05. The molecule has 0 atom stereocenters. The summed E-state index contributed by atoms with van der Waals surface area (Å²) >= 11 is 3.23. The molecule has 0 radical (unpaired) electrons. The van der Waals surface area contributed by atoms with E-state index >= 15 is 0 Å². The van der Waals surface area contributed by atoms with Crippen LogP contribution in [0.5, 0.6) is 5.75 Å². The molecular formula is C17H17N3OS2. The Kier molecular flexibility index (Phi) is 5.88. The average Bonchev–Trinajstić information content (AvgIpc) is 3.07. The fourth-order valence-electron chi connectivity index (χ4n) is 1.92. The number of nitrogens with one attached hydrogen (secondary N) is 1. The van der Waals surface area contributed by atoms with Crippen molar-refractivity contribution in [2.75, 3.05) is 17.7 Å². The maximum absolute atomic E-state index is 5.66. The van der Waals surface area contributed by atoms with Gasteiger partial charge >= 0.3 is 0 Å². The molecule has 0 saturated carbocycles. The van der Waals surface area contributed by atoms with E-state index in [1.54, 1.807) is 23.1 Å². The van der Waals surface area contributed by atoms with Crippen molar-refractivity contribution in [2.24, 2.45) is 0 Å². The predicted molar refractivity (Wildman–Crippen MR) is 96.3 cm³/mol. The minimum atomic E-state index is 0.654. The van der Waals surface area contributed by atoms with Gasteiger partial charge in [-0.05, 0) is 17.7 Å². The van der Waals surface area contributed by atoms with E-state index in [2.05, 4.69) is 27.6 Å². The Morgan fingerprint density at radius 2 is 1.70 bits per heavy atom. The lowest BCUT2D eigenvalue weighted by Gasteiger charge is -2.03. The second-order valence-corrected chi connectivity index (χ2v) is 7.04. The van der Waals surface area contributed by atoms with Crippen LogP contribution in [-0.2, 0) is 6.54 Å². The molecule has 23 heavy (non-hydrogen) atoms. The molecule has 1 heterocycles. The molecule has 4 nitrogen and oxygen atoms in total. The summed E-state index contributed by atoms with van der Waals surface area (Å²) in [5.41, 5.74) is 1.23. The molecule has 0 aliphatic carbocycles. The van der Waals surface area contributed by atoms with E-state index in [0.717, 1.165) is 27.5 Å². The van der Waals surface area contributed by atoms with Crippen LogP contribution >= 0.6 is 23.1 Å². The highest BCUT2D eigenvalue weighted by Gasteiger charge is 2.04. The molecule has 3 aromatic rings. The second-order valence-electron chi connectivity index (χ2n) is 4.72. The lowest BCUT2D eigenvalue weighted by atomic mass is 10.2. The van der Waals surface area contributed by atoms with E-state index < -0.39 is 0 Å². The number of ether oxygens (including phenoxy) is 1. The molecule has 0 aliphatic rings. The molecule has 2 aromatic carbocycles. The van der Waals surface area contributed by atoms with Crippen LogP contribution in [0.1, 0.15) is 5.56 Å². The van der Waals surface area contributed by atoms with E-state index in [0.29, 0.717) is 6.61 Å². The lowest BCUT2D eigenvalue weighted by molar-refractivity contribution is 0.344. The van der Waals surface area contributed by atoms with Gasteiger partial charge in [0.2, 0.25) is 5.13 Å². The minimum Gasteiger partial charge on any atom is -0.493 e. The first-order valence-electron chi connectivity index (χ1n) is 7.32. The van der Waals surface area contributed by atoms with E-state index in [1.807, 2.05) is 48.5 Å². The SMILES string of the molecule is c1ccc(CNc2nnc(SCCOc3ccccc3)s2)cc1. The zero-order valence-electron chi connectivity index (χ0n) is 12.5. The Labute approximate surface area is 143 Å². The number of aromatic nitrogens is 2. The quantitative estimate of drug-likeness (QED) is 0.487. The highest BCUT2D eigenvalue weighted by molar-refractivity contribution is 8.01. The number of thioether (sulfide) groups is 1. The van der Waals surface area contributed by atoms with Crippen LogP contribution < -0.4 is 10.1 Å². The van der Waals surface area contributed by atoms with Gasteiger partial charge in [0, 0.05) is 12.3 Å². The molecule has 0 amide bonds.